The van der Waals surface area contributed by atoms with E-state index in [1.807, 2.05) is 78.9 Å². The minimum Gasteiger partial charge on any atom is -0.445 e. The summed E-state index contributed by atoms with van der Waals surface area (Å²) in [6.07, 6.45) is 5.19. The molecule has 1 aliphatic rings. The Hall–Kier alpha value is -3.60. The van der Waals surface area contributed by atoms with Crippen LogP contribution >= 0.6 is 0 Å². The van der Waals surface area contributed by atoms with E-state index in [0.717, 1.165) is 35.1 Å². The van der Waals surface area contributed by atoms with Crippen LogP contribution in [0.4, 0.5) is 4.79 Å². The summed E-state index contributed by atoms with van der Waals surface area (Å²) in [6.45, 7) is 0.529. The maximum Gasteiger partial charge on any atom is 0.407 e. The van der Waals surface area contributed by atoms with E-state index in [0.29, 0.717) is 12.1 Å². The lowest BCUT2D eigenvalue weighted by Gasteiger charge is -2.23. The third-order valence-electron chi connectivity index (χ3n) is 6.06. The summed E-state index contributed by atoms with van der Waals surface area (Å²) in [5.74, 6) is -0.0393. The van der Waals surface area contributed by atoms with Crippen molar-refractivity contribution in [2.45, 2.75) is 51.3 Å². The van der Waals surface area contributed by atoms with Crippen molar-refractivity contribution in [1.82, 2.24) is 10.6 Å². The number of carbonyl (C=O) groups is 2. The number of benzene rings is 3. The van der Waals surface area contributed by atoms with Crippen molar-refractivity contribution in [1.29, 1.82) is 0 Å². The van der Waals surface area contributed by atoms with Crippen LogP contribution in [0.2, 0.25) is 0 Å². The molecule has 0 atom stereocenters. The van der Waals surface area contributed by atoms with Gasteiger partial charge in [-0.05, 0) is 41.2 Å². The Morgan fingerprint density at radius 1 is 0.788 bits per heavy atom. The third-order valence-corrected chi connectivity index (χ3v) is 6.06. The molecule has 0 aliphatic heterocycles. The lowest BCUT2D eigenvalue weighted by atomic mass is 9.93. The van der Waals surface area contributed by atoms with Crippen molar-refractivity contribution in [2.24, 2.45) is 0 Å². The Labute approximate surface area is 195 Å². The lowest BCUT2D eigenvalue weighted by Crippen LogP contribution is -2.36. The molecular formula is C28H30N2O3. The molecule has 3 aromatic carbocycles. The first kappa shape index (κ1) is 22.6. The van der Waals surface area contributed by atoms with Crippen LogP contribution in [0.3, 0.4) is 0 Å². The third kappa shape index (κ3) is 6.22. The molecular weight excluding hydrogens is 412 g/mol. The van der Waals surface area contributed by atoms with Gasteiger partial charge in [-0.1, -0.05) is 92.1 Å². The van der Waals surface area contributed by atoms with E-state index in [2.05, 4.69) is 10.6 Å². The van der Waals surface area contributed by atoms with Gasteiger partial charge in [0.2, 0.25) is 0 Å². The highest BCUT2D eigenvalue weighted by molar-refractivity contribution is 6.01. The molecule has 5 heteroatoms. The Balaban J connectivity index is 1.44. The maximum absolute atomic E-state index is 13.1. The number of amides is 2. The van der Waals surface area contributed by atoms with Crippen molar-refractivity contribution in [2.75, 3.05) is 0 Å². The first-order valence-electron chi connectivity index (χ1n) is 11.6. The monoisotopic (exact) mass is 442 g/mol. The van der Waals surface area contributed by atoms with Gasteiger partial charge in [-0.3, -0.25) is 4.79 Å². The fraction of sp³-hybridized carbons (Fsp3) is 0.286. The van der Waals surface area contributed by atoms with Crippen LogP contribution in [-0.2, 0) is 17.9 Å². The number of ether oxygens (including phenoxy) is 1. The zero-order valence-electron chi connectivity index (χ0n) is 18.8. The van der Waals surface area contributed by atoms with Crippen LogP contribution in [0.5, 0.6) is 0 Å². The number of nitrogens with one attached hydrogen (secondary N) is 2. The average Bonchev–Trinajstić information content (AvgIpc) is 2.87. The topological polar surface area (TPSA) is 67.4 Å². The smallest absolute Gasteiger partial charge is 0.407 e. The number of hydrogen-bond acceptors (Lipinski definition) is 3. The molecule has 2 amide bonds. The predicted octanol–water partition coefficient (Wildman–Crippen LogP) is 5.84. The molecule has 2 N–H and O–H groups in total. The van der Waals surface area contributed by atoms with E-state index in [4.69, 9.17) is 4.74 Å². The Morgan fingerprint density at radius 3 is 2.24 bits per heavy atom. The molecule has 0 aromatic heterocycles. The molecule has 0 heterocycles. The van der Waals surface area contributed by atoms with Gasteiger partial charge in [0.05, 0.1) is 0 Å². The van der Waals surface area contributed by atoms with Crippen LogP contribution in [0, 0.1) is 0 Å². The first-order chi connectivity index (χ1) is 16.2. The number of rotatable bonds is 7. The van der Waals surface area contributed by atoms with Gasteiger partial charge in [0.15, 0.2) is 0 Å². The van der Waals surface area contributed by atoms with Gasteiger partial charge in [-0.15, -0.1) is 0 Å². The summed E-state index contributed by atoms with van der Waals surface area (Å²) in [4.78, 5) is 25.3. The van der Waals surface area contributed by atoms with E-state index in [-0.39, 0.29) is 18.6 Å². The van der Waals surface area contributed by atoms with Crippen LogP contribution in [0.15, 0.2) is 78.9 Å². The first-order valence-corrected chi connectivity index (χ1v) is 11.6. The minimum absolute atomic E-state index is 0.0393. The molecule has 3 aromatic rings. The summed E-state index contributed by atoms with van der Waals surface area (Å²) in [6, 6.07) is 25.3. The molecule has 0 unspecified atom stereocenters. The van der Waals surface area contributed by atoms with Crippen LogP contribution in [0.25, 0.3) is 11.1 Å². The maximum atomic E-state index is 13.1. The van der Waals surface area contributed by atoms with Crippen molar-refractivity contribution in [3.8, 4) is 11.1 Å². The Morgan fingerprint density at radius 2 is 1.45 bits per heavy atom. The van der Waals surface area contributed by atoms with E-state index in [9.17, 15) is 9.59 Å². The summed E-state index contributed by atoms with van der Waals surface area (Å²) in [5.41, 5.74) is 4.30. The highest BCUT2D eigenvalue weighted by Crippen LogP contribution is 2.28. The Kier molecular flexibility index (Phi) is 7.75. The molecule has 0 saturated heterocycles. The van der Waals surface area contributed by atoms with Crippen LogP contribution in [-0.4, -0.2) is 18.0 Å². The van der Waals surface area contributed by atoms with Gasteiger partial charge in [0.25, 0.3) is 5.91 Å². The fourth-order valence-electron chi connectivity index (χ4n) is 4.30. The lowest BCUT2D eigenvalue weighted by molar-refractivity contribution is 0.0928. The Bertz CT molecular complexity index is 1080. The molecule has 33 heavy (non-hydrogen) atoms. The van der Waals surface area contributed by atoms with Gasteiger partial charge in [0, 0.05) is 18.2 Å². The summed E-state index contributed by atoms with van der Waals surface area (Å²) < 4.78 is 5.33. The summed E-state index contributed by atoms with van der Waals surface area (Å²) in [5, 5.41) is 6.05. The predicted molar refractivity (Wildman–Crippen MR) is 130 cm³/mol. The largest absolute Gasteiger partial charge is 0.445 e. The summed E-state index contributed by atoms with van der Waals surface area (Å²) in [7, 11) is 0. The molecule has 0 bridgehead atoms. The molecule has 170 valence electrons. The van der Waals surface area contributed by atoms with E-state index < -0.39 is 6.09 Å². The van der Waals surface area contributed by atoms with Crippen molar-refractivity contribution >= 4 is 12.0 Å². The highest BCUT2D eigenvalue weighted by Gasteiger charge is 2.20. The normalized spacial score (nSPS) is 13.8. The van der Waals surface area contributed by atoms with Gasteiger partial charge in [-0.2, -0.15) is 0 Å². The molecule has 1 saturated carbocycles. The van der Waals surface area contributed by atoms with Crippen LogP contribution < -0.4 is 10.6 Å². The second-order valence-corrected chi connectivity index (χ2v) is 8.43. The number of alkyl carbamates (subject to hydrolysis) is 1. The molecule has 0 radical (unpaired) electrons. The molecule has 1 aliphatic carbocycles. The number of hydrogen-bond donors (Lipinski definition) is 2. The highest BCUT2D eigenvalue weighted by atomic mass is 16.5. The molecule has 1 fully saturated rings. The SMILES string of the molecule is O=C(NCc1ccccc1-c1ccccc1C(=O)NC1CCCCC1)OCc1ccccc1. The average molecular weight is 443 g/mol. The quantitative estimate of drug-likeness (QED) is 0.483. The van der Waals surface area contributed by atoms with Gasteiger partial charge in [0.1, 0.15) is 6.61 Å². The molecule has 5 nitrogen and oxygen atoms in total. The van der Waals surface area contributed by atoms with Crippen molar-refractivity contribution < 1.29 is 14.3 Å². The zero-order valence-corrected chi connectivity index (χ0v) is 18.8. The van der Waals surface area contributed by atoms with Gasteiger partial charge in [-0.25, -0.2) is 4.79 Å². The van der Waals surface area contributed by atoms with Gasteiger partial charge < -0.3 is 15.4 Å². The van der Waals surface area contributed by atoms with Gasteiger partial charge >= 0.3 is 6.09 Å². The second kappa shape index (κ2) is 11.3. The van der Waals surface area contributed by atoms with Crippen molar-refractivity contribution in [3.05, 3.63) is 95.6 Å². The van der Waals surface area contributed by atoms with Crippen molar-refractivity contribution in [3.63, 3.8) is 0 Å². The second-order valence-electron chi connectivity index (χ2n) is 8.43. The minimum atomic E-state index is -0.475. The number of carbonyl (C=O) groups excluding carboxylic acids is 2. The molecule has 0 spiro atoms. The van der Waals surface area contributed by atoms with Crippen LogP contribution in [0.1, 0.15) is 53.6 Å². The molecule has 4 rings (SSSR count). The van der Waals surface area contributed by atoms with E-state index in [1.165, 1.54) is 19.3 Å². The fourth-order valence-corrected chi connectivity index (χ4v) is 4.30. The summed E-state index contributed by atoms with van der Waals surface area (Å²) >= 11 is 0. The van der Waals surface area contributed by atoms with E-state index >= 15 is 0 Å². The standard InChI is InChI=1S/C28H30N2O3/c31-27(30-23-14-5-2-6-15-23)26-18-10-9-17-25(26)24-16-8-7-13-22(24)19-29-28(32)33-20-21-11-3-1-4-12-21/h1,3-4,7-13,16-18,23H,2,5-6,14-15,19-20H2,(H,29,32)(H,30,31). The zero-order chi connectivity index (χ0) is 22.9. The van der Waals surface area contributed by atoms with E-state index in [1.54, 1.807) is 0 Å².